The highest BCUT2D eigenvalue weighted by Crippen LogP contribution is 2.31. The smallest absolute Gasteiger partial charge is 0.179 e. The van der Waals surface area contributed by atoms with E-state index in [2.05, 4.69) is 71.0 Å². The first-order valence-corrected chi connectivity index (χ1v) is 11.2. The summed E-state index contributed by atoms with van der Waals surface area (Å²) in [6, 6.07) is 25.0. The zero-order chi connectivity index (χ0) is 22.1. The number of nitrogens with zero attached hydrogens (tertiary/aromatic N) is 2. The molecule has 32 heavy (non-hydrogen) atoms. The number of aromatic nitrogens is 1. The van der Waals surface area contributed by atoms with Crippen molar-refractivity contribution in [3.63, 3.8) is 0 Å². The number of hydrogen-bond donors (Lipinski definition) is 0. The molecule has 0 aliphatic carbocycles. The molecular formula is C28H28N2O2. The number of methoxy groups -OCH3 is 1. The van der Waals surface area contributed by atoms with Gasteiger partial charge >= 0.3 is 0 Å². The van der Waals surface area contributed by atoms with Crippen LogP contribution >= 0.6 is 0 Å². The molecule has 0 N–H and O–H groups in total. The summed E-state index contributed by atoms with van der Waals surface area (Å²) in [5, 5.41) is 0.972. The summed E-state index contributed by atoms with van der Waals surface area (Å²) in [5.74, 6) is 0.947. The van der Waals surface area contributed by atoms with Crippen LogP contribution in [-0.2, 0) is 19.5 Å². The van der Waals surface area contributed by atoms with Gasteiger partial charge < -0.3 is 9.30 Å². The molecule has 1 aromatic heterocycles. The summed E-state index contributed by atoms with van der Waals surface area (Å²) in [6.07, 6.45) is 0.992. The van der Waals surface area contributed by atoms with Crippen molar-refractivity contribution in [2.75, 3.05) is 20.2 Å². The second kappa shape index (κ2) is 8.64. The molecule has 1 aliphatic rings. The summed E-state index contributed by atoms with van der Waals surface area (Å²) in [7, 11) is 1.67. The normalized spacial score (nSPS) is 13.8. The van der Waals surface area contributed by atoms with Gasteiger partial charge in [0.05, 0.1) is 13.7 Å². The maximum atomic E-state index is 13.6. The number of ketones is 1. The van der Waals surface area contributed by atoms with E-state index >= 15 is 0 Å². The van der Waals surface area contributed by atoms with Gasteiger partial charge in [0, 0.05) is 41.8 Å². The highest BCUT2D eigenvalue weighted by Gasteiger charge is 2.24. The average molecular weight is 425 g/mol. The summed E-state index contributed by atoms with van der Waals surface area (Å²) in [5.41, 5.74) is 6.84. The molecule has 4 aromatic rings. The molecule has 0 bridgehead atoms. The van der Waals surface area contributed by atoms with E-state index < -0.39 is 0 Å². The number of fused-ring (bicyclic) bond motifs is 2. The zero-order valence-electron chi connectivity index (χ0n) is 18.7. The van der Waals surface area contributed by atoms with E-state index in [1.54, 1.807) is 7.11 Å². The molecule has 1 aliphatic heterocycles. The Bertz CT molecular complexity index is 1270. The van der Waals surface area contributed by atoms with Crippen LogP contribution in [0.3, 0.4) is 0 Å². The third kappa shape index (κ3) is 3.82. The van der Waals surface area contributed by atoms with E-state index in [1.165, 1.54) is 16.7 Å². The number of rotatable bonds is 6. The maximum absolute atomic E-state index is 13.6. The van der Waals surface area contributed by atoms with Crippen molar-refractivity contribution >= 4 is 16.7 Å². The standard InChI is InChI=1S/C28H28N2O2/c1-20-28(27(31)19-29-15-14-22-10-6-7-11-23(22)18-29)25-16-24(32-2)12-13-26(25)30(20)17-21-8-4-3-5-9-21/h3-13,16H,14-15,17-19H2,1-2H3. The van der Waals surface area contributed by atoms with Crippen LogP contribution in [0, 0.1) is 6.92 Å². The van der Waals surface area contributed by atoms with Crippen molar-refractivity contribution in [1.29, 1.82) is 0 Å². The second-order valence-electron chi connectivity index (χ2n) is 8.57. The minimum absolute atomic E-state index is 0.173. The number of benzene rings is 3. The van der Waals surface area contributed by atoms with Gasteiger partial charge in [0.1, 0.15) is 5.75 Å². The van der Waals surface area contributed by atoms with Crippen LogP contribution in [0.25, 0.3) is 10.9 Å². The van der Waals surface area contributed by atoms with E-state index in [0.29, 0.717) is 6.54 Å². The third-order valence-corrected chi connectivity index (χ3v) is 6.57. The lowest BCUT2D eigenvalue weighted by Gasteiger charge is -2.28. The Morgan fingerprint density at radius 2 is 1.72 bits per heavy atom. The lowest BCUT2D eigenvalue weighted by molar-refractivity contribution is 0.0922. The average Bonchev–Trinajstić information content (AvgIpc) is 3.10. The van der Waals surface area contributed by atoms with Crippen LogP contribution in [0.2, 0.25) is 0 Å². The van der Waals surface area contributed by atoms with E-state index in [1.807, 2.05) is 18.2 Å². The van der Waals surface area contributed by atoms with Gasteiger partial charge in [-0.25, -0.2) is 0 Å². The van der Waals surface area contributed by atoms with Crippen molar-refractivity contribution in [1.82, 2.24) is 9.47 Å². The van der Waals surface area contributed by atoms with Crippen molar-refractivity contribution in [3.05, 3.63) is 101 Å². The number of Topliss-reactive ketones (excluding diaryl/α,β-unsaturated/α-hetero) is 1. The predicted molar refractivity (Wildman–Crippen MR) is 129 cm³/mol. The largest absolute Gasteiger partial charge is 0.497 e. The lowest BCUT2D eigenvalue weighted by atomic mass is 9.99. The van der Waals surface area contributed by atoms with Crippen molar-refractivity contribution in [2.24, 2.45) is 0 Å². The molecule has 0 fully saturated rings. The fraction of sp³-hybridized carbons (Fsp3) is 0.250. The van der Waals surface area contributed by atoms with Crippen molar-refractivity contribution in [2.45, 2.75) is 26.4 Å². The lowest BCUT2D eigenvalue weighted by Crippen LogP contribution is -2.35. The van der Waals surface area contributed by atoms with Crippen LogP contribution in [-0.4, -0.2) is 35.4 Å². The molecule has 0 saturated heterocycles. The highest BCUT2D eigenvalue weighted by atomic mass is 16.5. The first kappa shape index (κ1) is 20.5. The molecule has 0 radical (unpaired) electrons. The van der Waals surface area contributed by atoms with E-state index in [-0.39, 0.29) is 5.78 Å². The molecule has 0 atom stereocenters. The van der Waals surface area contributed by atoms with E-state index in [4.69, 9.17) is 4.74 Å². The fourth-order valence-corrected chi connectivity index (χ4v) is 4.88. The summed E-state index contributed by atoms with van der Waals surface area (Å²) in [6.45, 7) is 4.96. The van der Waals surface area contributed by atoms with Crippen LogP contribution < -0.4 is 4.74 Å². The minimum atomic E-state index is 0.173. The van der Waals surface area contributed by atoms with E-state index in [9.17, 15) is 4.79 Å². The predicted octanol–water partition coefficient (Wildman–Crippen LogP) is 5.25. The number of carbonyl (C=O) groups is 1. The van der Waals surface area contributed by atoms with E-state index in [0.717, 1.165) is 54.0 Å². The zero-order valence-corrected chi connectivity index (χ0v) is 18.7. The van der Waals surface area contributed by atoms with Crippen molar-refractivity contribution < 1.29 is 9.53 Å². The quantitative estimate of drug-likeness (QED) is 0.397. The van der Waals surface area contributed by atoms with Gasteiger partial charge in [-0.15, -0.1) is 0 Å². The SMILES string of the molecule is COc1ccc2c(c1)c(C(=O)CN1CCc3ccccc3C1)c(C)n2Cc1ccccc1. The molecule has 5 rings (SSSR count). The third-order valence-electron chi connectivity index (χ3n) is 6.57. The Labute approximate surface area is 189 Å². The van der Waals surface area contributed by atoms with Gasteiger partial charge in [-0.05, 0) is 48.2 Å². The summed E-state index contributed by atoms with van der Waals surface area (Å²) < 4.78 is 7.74. The Hall–Kier alpha value is -3.37. The molecule has 0 unspecified atom stereocenters. The Balaban J connectivity index is 1.50. The number of carbonyl (C=O) groups excluding carboxylic acids is 1. The van der Waals surface area contributed by atoms with Crippen molar-refractivity contribution in [3.8, 4) is 5.75 Å². The molecule has 162 valence electrons. The number of ether oxygens (including phenoxy) is 1. The molecule has 4 nitrogen and oxygen atoms in total. The van der Waals surface area contributed by atoms with Gasteiger partial charge in [-0.3, -0.25) is 9.69 Å². The molecule has 3 aromatic carbocycles. The summed E-state index contributed by atoms with van der Waals surface area (Å²) in [4.78, 5) is 15.9. The topological polar surface area (TPSA) is 34.5 Å². The van der Waals surface area contributed by atoms with Gasteiger partial charge in [-0.1, -0.05) is 54.6 Å². The van der Waals surface area contributed by atoms with Gasteiger partial charge in [0.25, 0.3) is 0 Å². The monoisotopic (exact) mass is 424 g/mol. The molecule has 0 saturated carbocycles. The minimum Gasteiger partial charge on any atom is -0.497 e. The fourth-order valence-electron chi connectivity index (χ4n) is 4.88. The molecule has 0 spiro atoms. The van der Waals surface area contributed by atoms with Crippen LogP contribution in [0.5, 0.6) is 5.75 Å². The molecule has 2 heterocycles. The van der Waals surface area contributed by atoms with Gasteiger partial charge in [0.2, 0.25) is 0 Å². The first-order valence-electron chi connectivity index (χ1n) is 11.2. The maximum Gasteiger partial charge on any atom is 0.179 e. The van der Waals surface area contributed by atoms with Crippen LogP contribution in [0.4, 0.5) is 0 Å². The Kier molecular flexibility index (Phi) is 5.54. The Morgan fingerprint density at radius 3 is 2.50 bits per heavy atom. The van der Waals surface area contributed by atoms with Gasteiger partial charge in [0.15, 0.2) is 5.78 Å². The second-order valence-corrected chi connectivity index (χ2v) is 8.57. The molecule has 4 heteroatoms. The van der Waals surface area contributed by atoms with Gasteiger partial charge in [-0.2, -0.15) is 0 Å². The Morgan fingerprint density at radius 1 is 0.969 bits per heavy atom. The molecule has 0 amide bonds. The molecular weight excluding hydrogens is 396 g/mol. The number of hydrogen-bond acceptors (Lipinski definition) is 3. The first-order chi connectivity index (χ1) is 15.6. The van der Waals surface area contributed by atoms with Crippen LogP contribution in [0.1, 0.15) is 32.7 Å². The summed E-state index contributed by atoms with van der Waals surface area (Å²) >= 11 is 0. The highest BCUT2D eigenvalue weighted by molar-refractivity contribution is 6.10. The van der Waals surface area contributed by atoms with Crippen LogP contribution in [0.15, 0.2) is 72.8 Å².